The normalized spacial score (nSPS) is 8.93. The lowest BCUT2D eigenvalue weighted by molar-refractivity contribution is -0.115. The number of pyridine rings is 1. The smallest absolute Gasteiger partial charge is 0.221 e. The van der Waals surface area contributed by atoms with Crippen LogP contribution >= 0.6 is 0 Å². The van der Waals surface area contributed by atoms with E-state index in [1.807, 2.05) is 18.2 Å². The summed E-state index contributed by atoms with van der Waals surface area (Å²) >= 11 is 0. The summed E-state index contributed by atoms with van der Waals surface area (Å²) in [6.45, 7) is 2.87. The second-order valence-electron chi connectivity index (χ2n) is 5.48. The summed E-state index contributed by atoms with van der Waals surface area (Å²) in [6.07, 6.45) is 3.50. The molecule has 2 amide bonds. The monoisotopic (exact) mass is 381 g/mol. The van der Waals surface area contributed by atoms with E-state index < -0.39 is 0 Å². The highest BCUT2D eigenvalue weighted by Crippen LogP contribution is 2.13. The molecule has 0 saturated heterocycles. The number of nitrogens with one attached hydrogen (secondary N) is 2. The van der Waals surface area contributed by atoms with Crippen molar-refractivity contribution in [2.45, 2.75) is 13.8 Å². The van der Waals surface area contributed by atoms with Gasteiger partial charge in [0, 0.05) is 37.6 Å². The summed E-state index contributed by atoms with van der Waals surface area (Å²) in [6, 6.07) is 18.3. The maximum absolute atomic E-state index is 10.5. The minimum atomic E-state index is -0.115. The number of hydrogen-bond donors (Lipinski definition) is 4. The van der Waals surface area contributed by atoms with E-state index in [2.05, 4.69) is 15.6 Å². The van der Waals surface area contributed by atoms with Crippen molar-refractivity contribution >= 4 is 23.2 Å². The molecule has 0 fully saturated rings. The van der Waals surface area contributed by atoms with Crippen molar-refractivity contribution in [3.8, 4) is 11.5 Å². The molecule has 0 aliphatic carbocycles. The van der Waals surface area contributed by atoms with E-state index in [1.165, 1.54) is 38.1 Å². The number of aromatic hydroxyl groups is 2. The second kappa shape index (κ2) is 12.5. The first-order valence-corrected chi connectivity index (χ1v) is 8.35. The van der Waals surface area contributed by atoms with Gasteiger partial charge in [-0.15, -0.1) is 0 Å². The van der Waals surface area contributed by atoms with Gasteiger partial charge in [0.1, 0.15) is 11.5 Å². The number of nitrogens with zero attached hydrogens (tertiary/aromatic N) is 1. The van der Waals surface area contributed by atoms with Gasteiger partial charge >= 0.3 is 0 Å². The first-order chi connectivity index (χ1) is 13.4. The number of carbonyl (C=O) groups excluding carboxylic acids is 2. The van der Waals surface area contributed by atoms with Crippen molar-refractivity contribution in [3.63, 3.8) is 0 Å². The van der Waals surface area contributed by atoms with E-state index >= 15 is 0 Å². The molecule has 0 bridgehead atoms. The zero-order chi connectivity index (χ0) is 20.8. The number of rotatable bonds is 2. The lowest BCUT2D eigenvalue weighted by atomic mass is 10.3. The van der Waals surface area contributed by atoms with Crippen LogP contribution in [0.15, 0.2) is 79.1 Å². The Kier molecular flexibility index (Phi) is 9.88. The molecular formula is C21H23N3O4. The van der Waals surface area contributed by atoms with E-state index in [0.29, 0.717) is 11.4 Å². The topological polar surface area (TPSA) is 112 Å². The van der Waals surface area contributed by atoms with Crippen molar-refractivity contribution in [3.05, 3.63) is 79.1 Å². The van der Waals surface area contributed by atoms with E-state index in [0.717, 1.165) is 0 Å². The van der Waals surface area contributed by atoms with Gasteiger partial charge in [-0.3, -0.25) is 14.6 Å². The van der Waals surface area contributed by atoms with Crippen LogP contribution in [-0.2, 0) is 9.59 Å². The Balaban J connectivity index is 0.000000219. The Bertz CT molecular complexity index is 752. The SMILES string of the molecule is CC(=O)Nc1ccc(O)cc1.CC(=O)Nc1ccc(O)cc1.c1ccncc1. The van der Waals surface area contributed by atoms with Gasteiger partial charge in [0.05, 0.1) is 0 Å². The minimum Gasteiger partial charge on any atom is -0.508 e. The van der Waals surface area contributed by atoms with Crippen LogP contribution in [0.25, 0.3) is 0 Å². The molecular weight excluding hydrogens is 358 g/mol. The molecule has 146 valence electrons. The number of phenols is 2. The Hall–Kier alpha value is -3.87. The average molecular weight is 381 g/mol. The number of phenolic OH excluding ortho intramolecular Hbond substituents is 2. The van der Waals surface area contributed by atoms with Crippen molar-refractivity contribution < 1.29 is 19.8 Å². The highest BCUT2D eigenvalue weighted by atomic mass is 16.3. The quantitative estimate of drug-likeness (QED) is 0.505. The van der Waals surface area contributed by atoms with E-state index in [-0.39, 0.29) is 23.3 Å². The number of aromatic nitrogens is 1. The lowest BCUT2D eigenvalue weighted by Crippen LogP contribution is -2.04. The minimum absolute atomic E-state index is 0.115. The molecule has 0 aliphatic rings. The predicted octanol–water partition coefficient (Wildman–Crippen LogP) is 3.78. The molecule has 7 heteroatoms. The van der Waals surface area contributed by atoms with Gasteiger partial charge in [0.15, 0.2) is 0 Å². The van der Waals surface area contributed by atoms with Crippen LogP contribution in [0.3, 0.4) is 0 Å². The van der Waals surface area contributed by atoms with Crippen molar-refractivity contribution in [2.24, 2.45) is 0 Å². The summed E-state index contributed by atoms with van der Waals surface area (Å²) in [7, 11) is 0. The molecule has 0 saturated carbocycles. The third-order valence-electron chi connectivity index (χ3n) is 2.94. The molecule has 0 unspecified atom stereocenters. The van der Waals surface area contributed by atoms with Crippen LogP contribution in [0, 0.1) is 0 Å². The molecule has 28 heavy (non-hydrogen) atoms. The van der Waals surface area contributed by atoms with Crippen molar-refractivity contribution in [1.29, 1.82) is 0 Å². The Morgan fingerprint density at radius 1 is 0.679 bits per heavy atom. The number of anilines is 2. The molecule has 0 spiro atoms. The van der Waals surface area contributed by atoms with Crippen LogP contribution in [0.5, 0.6) is 11.5 Å². The maximum atomic E-state index is 10.5. The number of carbonyl (C=O) groups is 2. The molecule has 7 nitrogen and oxygen atoms in total. The molecule has 3 aromatic rings. The fourth-order valence-electron chi connectivity index (χ4n) is 1.81. The number of benzene rings is 2. The fraction of sp³-hybridized carbons (Fsp3) is 0.0952. The van der Waals surface area contributed by atoms with Gasteiger partial charge in [-0.2, -0.15) is 0 Å². The highest BCUT2D eigenvalue weighted by molar-refractivity contribution is 5.89. The Morgan fingerprint density at radius 2 is 1.04 bits per heavy atom. The van der Waals surface area contributed by atoms with E-state index in [4.69, 9.17) is 10.2 Å². The number of amides is 2. The molecule has 1 heterocycles. The van der Waals surface area contributed by atoms with Gasteiger partial charge in [-0.05, 0) is 60.7 Å². The Morgan fingerprint density at radius 3 is 1.25 bits per heavy atom. The summed E-state index contributed by atoms with van der Waals surface area (Å²) in [5.74, 6) is 0.157. The molecule has 4 N–H and O–H groups in total. The van der Waals surface area contributed by atoms with Gasteiger partial charge in [-0.1, -0.05) is 6.07 Å². The van der Waals surface area contributed by atoms with Gasteiger partial charge in [-0.25, -0.2) is 0 Å². The standard InChI is InChI=1S/2C8H9NO2.C5H5N/c2*1-6(10)9-7-2-4-8(11)5-3-7;1-2-4-6-5-3-1/h2*2-5,11H,1H3,(H,9,10);1-5H. The average Bonchev–Trinajstić information content (AvgIpc) is 2.67. The molecule has 0 aliphatic heterocycles. The molecule has 0 atom stereocenters. The van der Waals surface area contributed by atoms with Crippen LogP contribution in [0.1, 0.15) is 13.8 Å². The first-order valence-electron chi connectivity index (χ1n) is 8.35. The summed E-state index contributed by atoms with van der Waals surface area (Å²) < 4.78 is 0. The molecule has 1 aromatic heterocycles. The maximum Gasteiger partial charge on any atom is 0.221 e. The highest BCUT2D eigenvalue weighted by Gasteiger charge is 1.94. The summed E-state index contributed by atoms with van der Waals surface area (Å²) in [4.78, 5) is 24.8. The molecule has 2 aromatic carbocycles. The number of hydrogen-bond acceptors (Lipinski definition) is 5. The fourth-order valence-corrected chi connectivity index (χ4v) is 1.81. The van der Waals surface area contributed by atoms with Crippen LogP contribution in [0.4, 0.5) is 11.4 Å². The van der Waals surface area contributed by atoms with Crippen molar-refractivity contribution in [1.82, 2.24) is 4.98 Å². The molecule has 3 rings (SSSR count). The first kappa shape index (κ1) is 22.2. The van der Waals surface area contributed by atoms with Gasteiger partial charge in [0.2, 0.25) is 11.8 Å². The van der Waals surface area contributed by atoms with Crippen molar-refractivity contribution in [2.75, 3.05) is 10.6 Å². The van der Waals surface area contributed by atoms with Crippen LogP contribution < -0.4 is 10.6 Å². The zero-order valence-corrected chi connectivity index (χ0v) is 15.7. The Labute approximate surface area is 163 Å². The van der Waals surface area contributed by atoms with Gasteiger partial charge in [0.25, 0.3) is 0 Å². The van der Waals surface area contributed by atoms with Crippen LogP contribution in [0.2, 0.25) is 0 Å². The third-order valence-corrected chi connectivity index (χ3v) is 2.94. The van der Waals surface area contributed by atoms with Gasteiger partial charge < -0.3 is 20.8 Å². The van der Waals surface area contributed by atoms with E-state index in [1.54, 1.807) is 36.7 Å². The molecule has 0 radical (unpaired) electrons. The van der Waals surface area contributed by atoms with E-state index in [9.17, 15) is 9.59 Å². The summed E-state index contributed by atoms with van der Waals surface area (Å²) in [5, 5.41) is 22.9. The second-order valence-corrected chi connectivity index (χ2v) is 5.48. The van der Waals surface area contributed by atoms with Crippen LogP contribution in [-0.4, -0.2) is 27.0 Å². The summed E-state index contributed by atoms with van der Waals surface area (Å²) in [5.41, 5.74) is 1.38. The lowest BCUT2D eigenvalue weighted by Gasteiger charge is -1.99. The third kappa shape index (κ3) is 10.9. The predicted molar refractivity (Wildman–Crippen MR) is 109 cm³/mol. The largest absolute Gasteiger partial charge is 0.508 e. The zero-order valence-electron chi connectivity index (χ0n) is 15.7.